The maximum atomic E-state index is 12.2. The molecule has 112 valence electrons. The summed E-state index contributed by atoms with van der Waals surface area (Å²) in [6.07, 6.45) is 0. The van der Waals surface area contributed by atoms with Gasteiger partial charge in [-0.1, -0.05) is 29.0 Å². The number of nitrogens with zero attached hydrogens (tertiary/aromatic N) is 1. The molecule has 1 aromatic heterocycles. The van der Waals surface area contributed by atoms with Crippen molar-refractivity contribution in [2.75, 3.05) is 36.6 Å². The Kier molecular flexibility index (Phi) is 5.13. The van der Waals surface area contributed by atoms with Gasteiger partial charge in [0, 0.05) is 19.3 Å². The Morgan fingerprint density at radius 1 is 1.38 bits per heavy atom. The lowest BCUT2D eigenvalue weighted by atomic mass is 10.2. The molecule has 4 N–H and O–H groups in total. The van der Waals surface area contributed by atoms with E-state index in [-0.39, 0.29) is 11.7 Å². The second-order valence-corrected chi connectivity index (χ2v) is 5.47. The first kappa shape index (κ1) is 15.3. The van der Waals surface area contributed by atoms with E-state index < -0.39 is 0 Å². The number of hydrogen-bond acceptors (Lipinski definition) is 6. The summed E-state index contributed by atoms with van der Waals surface area (Å²) in [6, 6.07) is 7.57. The van der Waals surface area contributed by atoms with Crippen LogP contribution >= 0.6 is 11.3 Å². The standard InChI is InChI=1S/C14H18N4O2S/c1-9-3-5-10(6-4-9)17-13(19)11-12(15)18-14(21-11)16-7-8-20-2/h3-6H,7-8,15H2,1-2H3,(H,16,18)(H,17,19). The summed E-state index contributed by atoms with van der Waals surface area (Å²) in [5, 5.41) is 6.47. The molecule has 0 saturated carbocycles. The number of hydrogen-bond donors (Lipinski definition) is 3. The fourth-order valence-electron chi connectivity index (χ4n) is 1.66. The number of ether oxygens (including phenoxy) is 1. The highest BCUT2D eigenvalue weighted by Gasteiger charge is 2.16. The van der Waals surface area contributed by atoms with Gasteiger partial charge in [-0.2, -0.15) is 0 Å². The molecule has 21 heavy (non-hydrogen) atoms. The number of anilines is 3. The largest absolute Gasteiger partial charge is 0.383 e. The van der Waals surface area contributed by atoms with Crippen LogP contribution in [0.1, 0.15) is 15.2 Å². The molecule has 1 aromatic carbocycles. The van der Waals surface area contributed by atoms with Crippen molar-refractivity contribution in [2.45, 2.75) is 6.92 Å². The van der Waals surface area contributed by atoms with Crippen molar-refractivity contribution in [3.8, 4) is 0 Å². The van der Waals surface area contributed by atoms with Gasteiger partial charge in [0.2, 0.25) is 0 Å². The SMILES string of the molecule is COCCNc1nc(N)c(C(=O)Nc2ccc(C)cc2)s1. The van der Waals surface area contributed by atoms with E-state index in [4.69, 9.17) is 10.5 Å². The van der Waals surface area contributed by atoms with E-state index in [0.29, 0.717) is 23.2 Å². The Labute approximate surface area is 127 Å². The molecule has 0 radical (unpaired) electrons. The molecule has 0 aliphatic rings. The van der Waals surface area contributed by atoms with Gasteiger partial charge in [-0.15, -0.1) is 0 Å². The number of aryl methyl sites for hydroxylation is 1. The molecule has 0 aliphatic carbocycles. The fraction of sp³-hybridized carbons (Fsp3) is 0.286. The van der Waals surface area contributed by atoms with Gasteiger partial charge in [-0.3, -0.25) is 4.79 Å². The van der Waals surface area contributed by atoms with Crippen LogP contribution in [0.2, 0.25) is 0 Å². The zero-order valence-corrected chi connectivity index (χ0v) is 12.8. The lowest BCUT2D eigenvalue weighted by Crippen LogP contribution is -2.12. The molecule has 1 heterocycles. The summed E-state index contributed by atoms with van der Waals surface area (Å²) in [5.41, 5.74) is 7.65. The van der Waals surface area contributed by atoms with Crippen molar-refractivity contribution in [3.63, 3.8) is 0 Å². The number of thiazole rings is 1. The third-order valence-corrected chi connectivity index (χ3v) is 3.78. The van der Waals surface area contributed by atoms with Gasteiger partial charge in [0.05, 0.1) is 6.61 Å². The van der Waals surface area contributed by atoms with Gasteiger partial charge in [0.1, 0.15) is 10.7 Å². The molecule has 0 atom stereocenters. The lowest BCUT2D eigenvalue weighted by Gasteiger charge is -2.04. The summed E-state index contributed by atoms with van der Waals surface area (Å²) in [7, 11) is 1.62. The molecule has 1 amide bonds. The number of methoxy groups -OCH3 is 1. The van der Waals surface area contributed by atoms with Gasteiger partial charge in [-0.25, -0.2) is 4.98 Å². The number of nitrogen functional groups attached to an aromatic ring is 1. The number of amides is 1. The normalized spacial score (nSPS) is 10.4. The molecule has 0 spiro atoms. The maximum Gasteiger partial charge on any atom is 0.269 e. The second kappa shape index (κ2) is 7.05. The molecule has 0 saturated heterocycles. The van der Waals surface area contributed by atoms with E-state index in [9.17, 15) is 4.79 Å². The van der Waals surface area contributed by atoms with Crippen molar-refractivity contribution >= 4 is 33.9 Å². The Bertz CT molecular complexity index is 610. The van der Waals surface area contributed by atoms with Crippen LogP contribution in [-0.2, 0) is 4.74 Å². The molecule has 2 aromatic rings. The number of nitrogens with one attached hydrogen (secondary N) is 2. The Morgan fingerprint density at radius 2 is 2.10 bits per heavy atom. The summed E-state index contributed by atoms with van der Waals surface area (Å²) < 4.78 is 4.94. The molecule has 0 unspecified atom stereocenters. The number of carbonyl (C=O) groups is 1. The third kappa shape index (κ3) is 4.17. The van der Waals surface area contributed by atoms with Crippen molar-refractivity contribution in [3.05, 3.63) is 34.7 Å². The molecular weight excluding hydrogens is 288 g/mol. The first-order valence-corrected chi connectivity index (χ1v) is 7.29. The quantitative estimate of drug-likeness (QED) is 0.713. The number of carbonyl (C=O) groups excluding carboxylic acids is 1. The molecule has 0 bridgehead atoms. The summed E-state index contributed by atoms with van der Waals surface area (Å²) in [6.45, 7) is 3.16. The number of nitrogens with two attached hydrogens (primary N) is 1. The predicted molar refractivity (Wildman–Crippen MR) is 86.0 cm³/mol. The van der Waals surface area contributed by atoms with Crippen LogP contribution in [0.3, 0.4) is 0 Å². The van der Waals surface area contributed by atoms with Gasteiger partial charge in [0.15, 0.2) is 5.13 Å². The minimum absolute atomic E-state index is 0.226. The van der Waals surface area contributed by atoms with Gasteiger partial charge in [0.25, 0.3) is 5.91 Å². The molecule has 0 aliphatic heterocycles. The van der Waals surface area contributed by atoms with Crippen molar-refractivity contribution < 1.29 is 9.53 Å². The van der Waals surface area contributed by atoms with E-state index in [1.165, 1.54) is 11.3 Å². The summed E-state index contributed by atoms with van der Waals surface area (Å²) in [5.74, 6) is -0.0295. The third-order valence-electron chi connectivity index (χ3n) is 2.75. The molecule has 2 rings (SSSR count). The van der Waals surface area contributed by atoms with Crippen LogP contribution < -0.4 is 16.4 Å². The monoisotopic (exact) mass is 306 g/mol. The van der Waals surface area contributed by atoms with E-state index in [1.807, 2.05) is 31.2 Å². The highest BCUT2D eigenvalue weighted by Crippen LogP contribution is 2.25. The Balaban J connectivity index is 2.03. The Morgan fingerprint density at radius 3 is 2.76 bits per heavy atom. The van der Waals surface area contributed by atoms with E-state index in [1.54, 1.807) is 7.11 Å². The first-order valence-electron chi connectivity index (χ1n) is 6.47. The van der Waals surface area contributed by atoms with Crippen LogP contribution in [-0.4, -0.2) is 31.2 Å². The van der Waals surface area contributed by atoms with Gasteiger partial charge >= 0.3 is 0 Å². The second-order valence-electron chi connectivity index (χ2n) is 4.47. The summed E-state index contributed by atoms with van der Waals surface area (Å²) >= 11 is 1.23. The molecule has 7 heteroatoms. The zero-order valence-electron chi connectivity index (χ0n) is 12.0. The summed E-state index contributed by atoms with van der Waals surface area (Å²) in [4.78, 5) is 16.7. The van der Waals surface area contributed by atoms with Crippen LogP contribution in [0, 0.1) is 6.92 Å². The smallest absolute Gasteiger partial charge is 0.269 e. The van der Waals surface area contributed by atoms with Crippen LogP contribution in [0.5, 0.6) is 0 Å². The van der Waals surface area contributed by atoms with E-state index in [2.05, 4.69) is 15.6 Å². The number of benzene rings is 1. The van der Waals surface area contributed by atoms with Gasteiger partial charge in [-0.05, 0) is 19.1 Å². The first-order chi connectivity index (χ1) is 10.1. The van der Waals surface area contributed by atoms with Crippen LogP contribution in [0.25, 0.3) is 0 Å². The highest BCUT2D eigenvalue weighted by molar-refractivity contribution is 7.18. The molecular formula is C14H18N4O2S. The van der Waals surface area contributed by atoms with Crippen molar-refractivity contribution in [1.29, 1.82) is 0 Å². The topological polar surface area (TPSA) is 89.3 Å². The molecule has 0 fully saturated rings. The minimum atomic E-state index is -0.256. The zero-order chi connectivity index (χ0) is 15.2. The Hall–Kier alpha value is -2.12. The highest BCUT2D eigenvalue weighted by atomic mass is 32.1. The van der Waals surface area contributed by atoms with Crippen molar-refractivity contribution in [1.82, 2.24) is 4.98 Å². The average molecular weight is 306 g/mol. The number of rotatable bonds is 6. The average Bonchev–Trinajstić information content (AvgIpc) is 2.83. The van der Waals surface area contributed by atoms with Crippen LogP contribution in [0.4, 0.5) is 16.6 Å². The minimum Gasteiger partial charge on any atom is -0.383 e. The maximum absolute atomic E-state index is 12.2. The van der Waals surface area contributed by atoms with Crippen LogP contribution in [0.15, 0.2) is 24.3 Å². The van der Waals surface area contributed by atoms with E-state index in [0.717, 1.165) is 11.3 Å². The van der Waals surface area contributed by atoms with Gasteiger partial charge < -0.3 is 21.1 Å². The fourth-order valence-corrected chi connectivity index (χ4v) is 2.46. The predicted octanol–water partition coefficient (Wildman–Crippen LogP) is 2.34. The van der Waals surface area contributed by atoms with Crippen molar-refractivity contribution in [2.24, 2.45) is 0 Å². The molecule has 6 nitrogen and oxygen atoms in total. The van der Waals surface area contributed by atoms with E-state index >= 15 is 0 Å². The number of aromatic nitrogens is 1. The lowest BCUT2D eigenvalue weighted by molar-refractivity contribution is 0.103.